The maximum atomic E-state index is 12.3. The third-order valence-corrected chi connectivity index (χ3v) is 5.18. The van der Waals surface area contributed by atoms with E-state index in [2.05, 4.69) is 21.2 Å². The van der Waals surface area contributed by atoms with E-state index in [-0.39, 0.29) is 5.91 Å². The Balaban J connectivity index is 1.92. The zero-order chi connectivity index (χ0) is 15.0. The van der Waals surface area contributed by atoms with E-state index in [1.54, 1.807) is 18.2 Å². The summed E-state index contributed by atoms with van der Waals surface area (Å²) >= 11 is 4.80. The van der Waals surface area contributed by atoms with Crippen molar-refractivity contribution in [1.82, 2.24) is 0 Å². The third-order valence-electron chi connectivity index (χ3n) is 3.48. The highest BCUT2D eigenvalue weighted by atomic mass is 79.9. The largest absolute Gasteiger partial charge is 0.365 e. The molecule has 1 aliphatic rings. The molecule has 0 unspecified atom stereocenters. The van der Waals surface area contributed by atoms with Gasteiger partial charge in [0.2, 0.25) is 0 Å². The Bertz CT molecular complexity index is 739. The van der Waals surface area contributed by atoms with Crippen LogP contribution in [0.2, 0.25) is 0 Å². The molecule has 0 saturated heterocycles. The third kappa shape index (κ3) is 2.73. The minimum atomic E-state index is -0.473. The molecule has 6 heteroatoms. The van der Waals surface area contributed by atoms with Gasteiger partial charge >= 0.3 is 0 Å². The summed E-state index contributed by atoms with van der Waals surface area (Å²) in [6.07, 6.45) is 2.85. The van der Waals surface area contributed by atoms with Crippen LogP contribution in [0, 0.1) is 0 Å². The first-order chi connectivity index (χ1) is 10.1. The molecular weight excluding hydrogens is 352 g/mol. The number of aryl methyl sites for hydroxylation is 1. The quantitative estimate of drug-likeness (QED) is 0.876. The average molecular weight is 365 g/mol. The Kier molecular flexibility index (Phi) is 3.82. The number of nitrogens with one attached hydrogen (secondary N) is 1. The topological polar surface area (TPSA) is 72.2 Å². The number of hydrogen-bond donors (Lipinski definition) is 2. The fourth-order valence-corrected chi connectivity index (χ4v) is 4.25. The number of amides is 2. The van der Waals surface area contributed by atoms with Gasteiger partial charge in [-0.3, -0.25) is 9.59 Å². The molecule has 0 aliphatic heterocycles. The molecule has 0 atom stereocenters. The van der Waals surface area contributed by atoms with Gasteiger partial charge in [0.05, 0.1) is 5.56 Å². The van der Waals surface area contributed by atoms with E-state index in [0.29, 0.717) is 16.1 Å². The molecule has 3 rings (SSSR count). The van der Waals surface area contributed by atoms with Crippen LogP contribution in [0.1, 0.15) is 37.6 Å². The van der Waals surface area contributed by atoms with Gasteiger partial charge in [-0.15, -0.1) is 11.3 Å². The predicted molar refractivity (Wildman–Crippen MR) is 87.0 cm³/mol. The Labute approximate surface area is 134 Å². The summed E-state index contributed by atoms with van der Waals surface area (Å²) in [4.78, 5) is 25.1. The van der Waals surface area contributed by atoms with E-state index >= 15 is 0 Å². The number of thiophene rings is 1. The Morgan fingerprint density at radius 2 is 2.10 bits per heavy atom. The fraction of sp³-hybridized carbons (Fsp3) is 0.200. The van der Waals surface area contributed by atoms with Crippen LogP contribution in [0.5, 0.6) is 0 Å². The number of carbonyl (C=O) groups is 2. The van der Waals surface area contributed by atoms with Crippen LogP contribution < -0.4 is 11.1 Å². The van der Waals surface area contributed by atoms with E-state index in [1.807, 2.05) is 6.07 Å². The highest BCUT2D eigenvalue weighted by molar-refractivity contribution is 9.10. The second-order valence-corrected chi connectivity index (χ2v) is 6.91. The van der Waals surface area contributed by atoms with Gasteiger partial charge in [0.1, 0.15) is 5.00 Å². The number of hydrogen-bond acceptors (Lipinski definition) is 3. The first-order valence-corrected chi connectivity index (χ1v) is 8.18. The number of carbonyl (C=O) groups excluding carboxylic acids is 2. The molecule has 4 nitrogen and oxygen atoms in total. The summed E-state index contributed by atoms with van der Waals surface area (Å²) in [5.41, 5.74) is 7.51. The number of nitrogens with two attached hydrogens (primary N) is 1. The zero-order valence-electron chi connectivity index (χ0n) is 11.1. The van der Waals surface area contributed by atoms with Gasteiger partial charge in [-0.1, -0.05) is 22.0 Å². The maximum absolute atomic E-state index is 12.3. The summed E-state index contributed by atoms with van der Waals surface area (Å²) in [6, 6.07) is 7.11. The van der Waals surface area contributed by atoms with Crippen molar-refractivity contribution in [3.05, 3.63) is 50.3 Å². The molecule has 0 spiro atoms. The molecule has 0 bridgehead atoms. The second-order valence-electron chi connectivity index (χ2n) is 4.89. The average Bonchev–Trinajstić information content (AvgIpc) is 2.98. The molecule has 0 saturated carbocycles. The molecule has 1 aromatic heterocycles. The van der Waals surface area contributed by atoms with Gasteiger partial charge in [-0.25, -0.2) is 0 Å². The first kappa shape index (κ1) is 14.3. The van der Waals surface area contributed by atoms with Crippen molar-refractivity contribution in [3.8, 4) is 0 Å². The van der Waals surface area contributed by atoms with Gasteiger partial charge in [0.15, 0.2) is 0 Å². The number of anilines is 1. The summed E-state index contributed by atoms with van der Waals surface area (Å²) < 4.78 is 0.832. The van der Waals surface area contributed by atoms with Crippen molar-refractivity contribution in [2.24, 2.45) is 5.73 Å². The smallest absolute Gasteiger partial charge is 0.256 e. The normalized spacial score (nSPS) is 13.0. The van der Waals surface area contributed by atoms with Crippen molar-refractivity contribution in [2.75, 3.05) is 5.32 Å². The van der Waals surface area contributed by atoms with Crippen LogP contribution in [0.25, 0.3) is 0 Å². The van der Waals surface area contributed by atoms with E-state index in [0.717, 1.165) is 34.2 Å². The van der Waals surface area contributed by atoms with Crippen LogP contribution in [-0.2, 0) is 12.8 Å². The molecule has 1 aromatic carbocycles. The fourth-order valence-electron chi connectivity index (χ4n) is 2.56. The van der Waals surface area contributed by atoms with Gasteiger partial charge in [0.25, 0.3) is 11.8 Å². The molecule has 108 valence electrons. The number of halogens is 1. The number of primary amides is 1. The van der Waals surface area contributed by atoms with Crippen molar-refractivity contribution in [3.63, 3.8) is 0 Å². The minimum Gasteiger partial charge on any atom is -0.365 e. The van der Waals surface area contributed by atoms with Crippen LogP contribution in [-0.4, -0.2) is 11.8 Å². The SMILES string of the molecule is NC(=O)c1c(NC(=O)c2cccc(Br)c2)sc2c1CCC2. The molecule has 3 N–H and O–H groups in total. The standard InChI is InChI=1S/C15H13BrN2O2S/c16-9-4-1-3-8(7-9)14(20)18-15-12(13(17)19)10-5-2-6-11(10)21-15/h1,3-4,7H,2,5-6H2,(H2,17,19)(H,18,20). The van der Waals surface area contributed by atoms with Gasteiger partial charge in [-0.05, 0) is 43.0 Å². The monoisotopic (exact) mass is 364 g/mol. The van der Waals surface area contributed by atoms with E-state index in [1.165, 1.54) is 11.3 Å². The van der Waals surface area contributed by atoms with Crippen molar-refractivity contribution >= 4 is 44.1 Å². The van der Waals surface area contributed by atoms with E-state index < -0.39 is 5.91 Å². The molecular formula is C15H13BrN2O2S. The molecule has 0 radical (unpaired) electrons. The lowest BCUT2D eigenvalue weighted by Gasteiger charge is -2.06. The molecule has 2 amide bonds. The summed E-state index contributed by atoms with van der Waals surface area (Å²) in [6.45, 7) is 0. The van der Waals surface area contributed by atoms with Gasteiger partial charge in [0, 0.05) is 14.9 Å². The van der Waals surface area contributed by atoms with Gasteiger partial charge < -0.3 is 11.1 Å². The molecule has 0 fully saturated rings. The Morgan fingerprint density at radius 1 is 1.29 bits per heavy atom. The number of fused-ring (bicyclic) bond motifs is 1. The minimum absolute atomic E-state index is 0.237. The summed E-state index contributed by atoms with van der Waals surface area (Å²) in [7, 11) is 0. The van der Waals surface area contributed by atoms with Crippen molar-refractivity contribution < 1.29 is 9.59 Å². The predicted octanol–water partition coefficient (Wildman–Crippen LogP) is 3.35. The molecule has 1 aliphatic carbocycles. The number of rotatable bonds is 3. The molecule has 1 heterocycles. The Morgan fingerprint density at radius 3 is 2.81 bits per heavy atom. The van der Waals surface area contributed by atoms with Gasteiger partial charge in [-0.2, -0.15) is 0 Å². The van der Waals surface area contributed by atoms with Crippen molar-refractivity contribution in [1.29, 1.82) is 0 Å². The molecule has 21 heavy (non-hydrogen) atoms. The maximum Gasteiger partial charge on any atom is 0.256 e. The van der Waals surface area contributed by atoms with Crippen LogP contribution in [0.15, 0.2) is 28.7 Å². The number of benzene rings is 1. The highest BCUT2D eigenvalue weighted by Gasteiger charge is 2.26. The van der Waals surface area contributed by atoms with Crippen LogP contribution >= 0.6 is 27.3 Å². The summed E-state index contributed by atoms with van der Waals surface area (Å²) in [5, 5.41) is 3.39. The highest BCUT2D eigenvalue weighted by Crippen LogP contribution is 2.39. The van der Waals surface area contributed by atoms with E-state index in [4.69, 9.17) is 5.73 Å². The lowest BCUT2D eigenvalue weighted by atomic mass is 10.1. The lowest BCUT2D eigenvalue weighted by molar-refractivity contribution is 0.100. The Hall–Kier alpha value is -1.66. The van der Waals surface area contributed by atoms with Crippen LogP contribution in [0.3, 0.4) is 0 Å². The molecule has 2 aromatic rings. The van der Waals surface area contributed by atoms with Crippen molar-refractivity contribution in [2.45, 2.75) is 19.3 Å². The zero-order valence-corrected chi connectivity index (χ0v) is 13.5. The lowest BCUT2D eigenvalue weighted by Crippen LogP contribution is -2.17. The first-order valence-electron chi connectivity index (χ1n) is 6.57. The summed E-state index contributed by atoms with van der Waals surface area (Å²) in [5.74, 6) is -0.710. The van der Waals surface area contributed by atoms with E-state index in [9.17, 15) is 9.59 Å². The second kappa shape index (κ2) is 5.61. The van der Waals surface area contributed by atoms with Crippen LogP contribution in [0.4, 0.5) is 5.00 Å².